The summed E-state index contributed by atoms with van der Waals surface area (Å²) in [7, 11) is 1.28. The van der Waals surface area contributed by atoms with Crippen LogP contribution in [0, 0.1) is 6.92 Å². The van der Waals surface area contributed by atoms with Gasteiger partial charge in [-0.25, -0.2) is 4.79 Å². The number of oxime groups is 1. The van der Waals surface area contributed by atoms with Crippen molar-refractivity contribution in [1.82, 2.24) is 0 Å². The Labute approximate surface area is 87.1 Å². The molecule has 3 N–H and O–H groups in total. The summed E-state index contributed by atoms with van der Waals surface area (Å²) in [5, 5.41) is 11.4. The molecule has 1 rings (SSSR count). The molecule has 0 unspecified atom stereocenters. The van der Waals surface area contributed by atoms with E-state index in [4.69, 9.17) is 10.9 Å². The van der Waals surface area contributed by atoms with E-state index in [1.165, 1.54) is 7.11 Å². The molecule has 0 aliphatic heterocycles. The van der Waals surface area contributed by atoms with E-state index in [0.717, 1.165) is 5.56 Å². The van der Waals surface area contributed by atoms with Crippen LogP contribution in [0.15, 0.2) is 23.4 Å². The number of methoxy groups -OCH3 is 1. The third kappa shape index (κ3) is 2.25. The summed E-state index contributed by atoms with van der Waals surface area (Å²) < 4.78 is 4.58. The first-order valence-electron chi connectivity index (χ1n) is 4.27. The molecule has 0 amide bonds. The van der Waals surface area contributed by atoms with Gasteiger partial charge in [0.25, 0.3) is 0 Å². The molecule has 0 heterocycles. The molecule has 0 radical (unpaired) electrons. The van der Waals surface area contributed by atoms with Gasteiger partial charge in [-0.15, -0.1) is 0 Å². The van der Waals surface area contributed by atoms with E-state index in [-0.39, 0.29) is 11.4 Å². The largest absolute Gasteiger partial charge is 0.465 e. The van der Waals surface area contributed by atoms with Gasteiger partial charge in [0.1, 0.15) is 0 Å². The Morgan fingerprint density at radius 2 is 2.13 bits per heavy atom. The zero-order valence-corrected chi connectivity index (χ0v) is 8.52. The van der Waals surface area contributed by atoms with Gasteiger partial charge in [0, 0.05) is 5.56 Å². The number of carbonyl (C=O) groups excluding carboxylic acids is 1. The lowest BCUT2D eigenvalue weighted by Gasteiger charge is -2.07. The van der Waals surface area contributed by atoms with E-state index in [9.17, 15) is 4.79 Å². The number of nitrogens with zero attached hydrogens (tertiary/aromatic N) is 1. The van der Waals surface area contributed by atoms with Gasteiger partial charge in [-0.2, -0.15) is 0 Å². The second-order valence-corrected chi connectivity index (χ2v) is 3.03. The standard InChI is InChI=1S/C10H12N2O3/c1-6-3-4-7(10(13)15-2)8(5-6)9(11)12-14/h3-5,14H,1-2H3,(H2,11,12). The summed E-state index contributed by atoms with van der Waals surface area (Å²) in [6.45, 7) is 1.84. The van der Waals surface area contributed by atoms with Crippen LogP contribution in [0.5, 0.6) is 0 Å². The number of hydrogen-bond acceptors (Lipinski definition) is 4. The first kappa shape index (κ1) is 11.0. The minimum atomic E-state index is -0.517. The Balaban J connectivity index is 3.33. The van der Waals surface area contributed by atoms with Gasteiger partial charge in [-0.05, 0) is 19.1 Å². The molecule has 5 nitrogen and oxygen atoms in total. The van der Waals surface area contributed by atoms with Crippen molar-refractivity contribution in [3.8, 4) is 0 Å². The predicted octanol–water partition coefficient (Wildman–Crippen LogP) is 0.876. The zero-order valence-electron chi connectivity index (χ0n) is 8.52. The minimum absolute atomic E-state index is 0.112. The van der Waals surface area contributed by atoms with E-state index in [2.05, 4.69) is 9.89 Å². The van der Waals surface area contributed by atoms with Crippen molar-refractivity contribution in [3.05, 3.63) is 34.9 Å². The highest BCUT2D eigenvalue weighted by Crippen LogP contribution is 2.12. The minimum Gasteiger partial charge on any atom is -0.465 e. The molecular weight excluding hydrogens is 196 g/mol. The van der Waals surface area contributed by atoms with E-state index in [0.29, 0.717) is 5.56 Å². The smallest absolute Gasteiger partial charge is 0.338 e. The van der Waals surface area contributed by atoms with Gasteiger partial charge in [-0.3, -0.25) is 0 Å². The quantitative estimate of drug-likeness (QED) is 0.248. The predicted molar refractivity (Wildman–Crippen MR) is 55.0 cm³/mol. The molecule has 80 valence electrons. The van der Waals surface area contributed by atoms with Gasteiger partial charge < -0.3 is 15.7 Å². The molecule has 0 saturated heterocycles. The van der Waals surface area contributed by atoms with Crippen LogP contribution >= 0.6 is 0 Å². The fourth-order valence-corrected chi connectivity index (χ4v) is 1.21. The monoisotopic (exact) mass is 208 g/mol. The number of rotatable bonds is 2. The van der Waals surface area contributed by atoms with E-state index in [1.807, 2.05) is 6.92 Å². The van der Waals surface area contributed by atoms with E-state index in [1.54, 1.807) is 18.2 Å². The van der Waals surface area contributed by atoms with Crippen LogP contribution in [0.2, 0.25) is 0 Å². The number of benzene rings is 1. The normalized spacial score (nSPS) is 11.2. The molecule has 5 heteroatoms. The van der Waals surface area contributed by atoms with Crippen molar-refractivity contribution in [1.29, 1.82) is 0 Å². The molecule has 0 bridgehead atoms. The molecule has 15 heavy (non-hydrogen) atoms. The topological polar surface area (TPSA) is 84.9 Å². The van der Waals surface area contributed by atoms with Crippen LogP contribution < -0.4 is 5.73 Å². The van der Waals surface area contributed by atoms with Crippen molar-refractivity contribution >= 4 is 11.8 Å². The second-order valence-electron chi connectivity index (χ2n) is 3.03. The summed E-state index contributed by atoms with van der Waals surface area (Å²) in [5.74, 6) is -0.629. The first-order chi connectivity index (χ1) is 7.10. The summed E-state index contributed by atoms with van der Waals surface area (Å²) >= 11 is 0. The highest BCUT2D eigenvalue weighted by atomic mass is 16.5. The number of carbonyl (C=O) groups is 1. The van der Waals surface area contributed by atoms with Crippen molar-refractivity contribution in [2.24, 2.45) is 10.9 Å². The summed E-state index contributed by atoms with van der Waals surface area (Å²) in [5.41, 5.74) is 7.00. The SMILES string of the molecule is COC(=O)c1ccc(C)cc1C(N)=NO. The van der Waals surface area contributed by atoms with E-state index >= 15 is 0 Å². The molecule has 0 saturated carbocycles. The maximum absolute atomic E-state index is 11.4. The Morgan fingerprint density at radius 1 is 1.47 bits per heavy atom. The average molecular weight is 208 g/mol. The van der Waals surface area contributed by atoms with Gasteiger partial charge in [-0.1, -0.05) is 16.8 Å². The van der Waals surface area contributed by atoms with E-state index < -0.39 is 5.97 Å². The molecule has 0 fully saturated rings. The number of amidine groups is 1. The molecule has 0 aliphatic carbocycles. The third-order valence-electron chi connectivity index (χ3n) is 1.96. The Hall–Kier alpha value is -2.04. The lowest BCUT2D eigenvalue weighted by Crippen LogP contribution is -2.18. The molecule has 1 aromatic rings. The second kappa shape index (κ2) is 4.45. The van der Waals surface area contributed by atoms with Gasteiger partial charge in [0.15, 0.2) is 5.84 Å². The summed E-state index contributed by atoms with van der Waals surface area (Å²) in [6.07, 6.45) is 0. The fourth-order valence-electron chi connectivity index (χ4n) is 1.21. The number of hydrogen-bond donors (Lipinski definition) is 2. The van der Waals surface area contributed by atoms with Crippen molar-refractivity contribution in [2.75, 3.05) is 7.11 Å². The van der Waals surface area contributed by atoms with Crippen LogP contribution in [-0.4, -0.2) is 24.1 Å². The van der Waals surface area contributed by atoms with Crippen LogP contribution in [0.4, 0.5) is 0 Å². The third-order valence-corrected chi connectivity index (χ3v) is 1.96. The highest BCUT2D eigenvalue weighted by Gasteiger charge is 2.14. The van der Waals surface area contributed by atoms with Crippen molar-refractivity contribution < 1.29 is 14.7 Å². The Bertz CT molecular complexity index is 413. The Kier molecular flexibility index (Phi) is 3.28. The van der Waals surface area contributed by atoms with Crippen LogP contribution in [0.3, 0.4) is 0 Å². The zero-order chi connectivity index (χ0) is 11.4. The number of esters is 1. The van der Waals surface area contributed by atoms with Gasteiger partial charge in [0.05, 0.1) is 12.7 Å². The lowest BCUT2D eigenvalue weighted by atomic mass is 10.0. The summed E-state index contributed by atoms with van der Waals surface area (Å²) in [6, 6.07) is 4.98. The molecule has 1 aromatic carbocycles. The van der Waals surface area contributed by atoms with Gasteiger partial charge >= 0.3 is 5.97 Å². The van der Waals surface area contributed by atoms with Crippen molar-refractivity contribution in [2.45, 2.75) is 6.92 Å². The van der Waals surface area contributed by atoms with Crippen LogP contribution in [0.25, 0.3) is 0 Å². The molecule has 0 aromatic heterocycles. The molecular formula is C10H12N2O3. The molecule has 0 atom stereocenters. The lowest BCUT2D eigenvalue weighted by molar-refractivity contribution is 0.0600. The number of ether oxygens (including phenoxy) is 1. The average Bonchev–Trinajstić information content (AvgIpc) is 2.26. The van der Waals surface area contributed by atoms with Gasteiger partial charge in [0.2, 0.25) is 0 Å². The fraction of sp³-hybridized carbons (Fsp3) is 0.200. The summed E-state index contributed by atoms with van der Waals surface area (Å²) in [4.78, 5) is 11.4. The number of aryl methyl sites for hydroxylation is 1. The maximum Gasteiger partial charge on any atom is 0.338 e. The molecule has 0 spiro atoms. The highest BCUT2D eigenvalue weighted by molar-refractivity contribution is 6.07. The van der Waals surface area contributed by atoms with Crippen molar-refractivity contribution in [3.63, 3.8) is 0 Å². The first-order valence-corrected chi connectivity index (χ1v) is 4.27. The Morgan fingerprint density at radius 3 is 2.67 bits per heavy atom. The number of nitrogens with two attached hydrogens (primary N) is 1. The molecule has 0 aliphatic rings. The maximum atomic E-state index is 11.4. The van der Waals surface area contributed by atoms with Crippen LogP contribution in [-0.2, 0) is 4.74 Å². The van der Waals surface area contributed by atoms with Crippen LogP contribution in [0.1, 0.15) is 21.5 Å².